The fourth-order valence-corrected chi connectivity index (χ4v) is 1.25. The summed E-state index contributed by atoms with van der Waals surface area (Å²) >= 11 is 0. The van der Waals surface area contributed by atoms with Crippen LogP contribution in [0.3, 0.4) is 0 Å². The van der Waals surface area contributed by atoms with Crippen LogP contribution in [-0.4, -0.2) is 27.1 Å². The predicted octanol–water partition coefficient (Wildman–Crippen LogP) is -0.387. The molecule has 0 aliphatic heterocycles. The van der Waals surface area contributed by atoms with Crippen molar-refractivity contribution in [3.63, 3.8) is 0 Å². The van der Waals surface area contributed by atoms with Crippen molar-refractivity contribution in [2.75, 3.05) is 0 Å². The topological polar surface area (TPSA) is 127 Å². The van der Waals surface area contributed by atoms with Gasteiger partial charge in [-0.15, -0.1) is 0 Å². The maximum atomic E-state index is 12.8. The lowest BCUT2D eigenvalue weighted by Gasteiger charge is -2.14. The summed E-state index contributed by atoms with van der Waals surface area (Å²) in [5.74, 6) is -2.11. The molecule has 0 spiro atoms. The Labute approximate surface area is 94.4 Å². The zero-order valence-corrected chi connectivity index (χ0v) is 8.41. The van der Waals surface area contributed by atoms with Gasteiger partial charge >= 0.3 is 0 Å². The van der Waals surface area contributed by atoms with Gasteiger partial charge in [0.15, 0.2) is 6.10 Å². The maximum Gasteiger partial charge on any atom is 0.278 e. The van der Waals surface area contributed by atoms with Gasteiger partial charge in [0.05, 0.1) is 16.6 Å². The molecular formula is C9H9FN2O5. The number of amides is 1. The highest BCUT2D eigenvalue weighted by Crippen LogP contribution is 2.27. The molecule has 1 aromatic carbocycles. The van der Waals surface area contributed by atoms with E-state index in [0.717, 1.165) is 12.1 Å². The van der Waals surface area contributed by atoms with Crippen LogP contribution >= 0.6 is 0 Å². The summed E-state index contributed by atoms with van der Waals surface area (Å²) in [6, 6.07) is 2.34. The predicted molar refractivity (Wildman–Crippen MR) is 53.2 cm³/mol. The van der Waals surface area contributed by atoms with Gasteiger partial charge in [0.1, 0.15) is 11.9 Å². The van der Waals surface area contributed by atoms with Gasteiger partial charge < -0.3 is 15.9 Å². The minimum Gasteiger partial charge on any atom is -0.385 e. The van der Waals surface area contributed by atoms with Crippen LogP contribution in [0, 0.1) is 15.9 Å². The first-order chi connectivity index (χ1) is 7.84. The van der Waals surface area contributed by atoms with Crippen molar-refractivity contribution in [3.8, 4) is 0 Å². The number of carbonyl (C=O) groups excluding carboxylic acids is 1. The summed E-state index contributed by atoms with van der Waals surface area (Å²) in [6.07, 6.45) is -3.88. The van der Waals surface area contributed by atoms with Crippen LogP contribution in [0.5, 0.6) is 0 Å². The molecule has 0 saturated carbocycles. The standard InChI is InChI=1S/C9H9FN2O5/c10-4-1-2-5(6(3-4)12(16)17)7(13)8(14)9(11)15/h1-3,7-8,13-14H,(H2,11,15). The van der Waals surface area contributed by atoms with E-state index in [-0.39, 0.29) is 5.56 Å². The molecule has 8 heteroatoms. The summed E-state index contributed by atoms with van der Waals surface area (Å²) in [5.41, 5.74) is 3.61. The average Bonchev–Trinajstić information content (AvgIpc) is 2.26. The van der Waals surface area contributed by atoms with Gasteiger partial charge in [-0.1, -0.05) is 0 Å². The third-order valence-electron chi connectivity index (χ3n) is 2.10. The Bertz CT molecular complexity index is 465. The molecular weight excluding hydrogens is 235 g/mol. The van der Waals surface area contributed by atoms with E-state index in [1.807, 2.05) is 0 Å². The fraction of sp³-hybridized carbons (Fsp3) is 0.222. The van der Waals surface area contributed by atoms with Gasteiger partial charge in [-0.05, 0) is 12.1 Å². The van der Waals surface area contributed by atoms with Crippen LogP contribution in [0.15, 0.2) is 18.2 Å². The molecule has 0 heterocycles. The SMILES string of the molecule is NC(=O)C(O)C(O)c1ccc(F)cc1[N+](=O)[O-]. The highest BCUT2D eigenvalue weighted by molar-refractivity contribution is 5.79. The molecule has 92 valence electrons. The molecule has 0 bridgehead atoms. The van der Waals surface area contributed by atoms with Crippen LogP contribution in [0.2, 0.25) is 0 Å². The van der Waals surface area contributed by atoms with Gasteiger partial charge in [0, 0.05) is 0 Å². The Hall–Kier alpha value is -2.06. The van der Waals surface area contributed by atoms with Crippen molar-refractivity contribution in [1.82, 2.24) is 0 Å². The number of nitro groups is 1. The zero-order valence-electron chi connectivity index (χ0n) is 8.41. The molecule has 4 N–H and O–H groups in total. The second kappa shape index (κ2) is 4.85. The quantitative estimate of drug-likeness (QED) is 0.491. The van der Waals surface area contributed by atoms with Gasteiger partial charge in [-0.25, -0.2) is 4.39 Å². The van der Waals surface area contributed by atoms with Gasteiger partial charge in [-0.3, -0.25) is 14.9 Å². The smallest absolute Gasteiger partial charge is 0.278 e. The van der Waals surface area contributed by atoms with E-state index < -0.39 is 34.5 Å². The van der Waals surface area contributed by atoms with Gasteiger partial charge in [0.25, 0.3) is 5.69 Å². The summed E-state index contributed by atoms with van der Waals surface area (Å²) in [7, 11) is 0. The number of primary amides is 1. The largest absolute Gasteiger partial charge is 0.385 e. The normalized spacial score (nSPS) is 14.1. The lowest BCUT2D eigenvalue weighted by molar-refractivity contribution is -0.386. The molecule has 1 rings (SSSR count). The molecule has 0 saturated heterocycles. The van der Waals surface area contributed by atoms with Gasteiger partial charge in [0.2, 0.25) is 5.91 Å². The summed E-state index contributed by atoms with van der Waals surface area (Å²) in [4.78, 5) is 20.3. The number of hydrogen-bond donors (Lipinski definition) is 3. The number of nitro benzene ring substituents is 1. The van der Waals surface area contributed by atoms with E-state index in [1.54, 1.807) is 0 Å². The molecule has 17 heavy (non-hydrogen) atoms. The first-order valence-corrected chi connectivity index (χ1v) is 4.44. The van der Waals surface area contributed by atoms with Crippen molar-refractivity contribution in [1.29, 1.82) is 0 Å². The van der Waals surface area contributed by atoms with E-state index in [4.69, 9.17) is 5.73 Å². The monoisotopic (exact) mass is 244 g/mol. The molecule has 2 atom stereocenters. The lowest BCUT2D eigenvalue weighted by atomic mass is 10.0. The number of aliphatic hydroxyl groups excluding tert-OH is 2. The molecule has 0 aliphatic carbocycles. The molecule has 0 aromatic heterocycles. The second-order valence-corrected chi connectivity index (χ2v) is 3.25. The van der Waals surface area contributed by atoms with Crippen molar-refractivity contribution >= 4 is 11.6 Å². The maximum absolute atomic E-state index is 12.8. The van der Waals surface area contributed by atoms with Crippen LogP contribution in [0.25, 0.3) is 0 Å². The van der Waals surface area contributed by atoms with Crippen molar-refractivity contribution in [2.45, 2.75) is 12.2 Å². The zero-order chi connectivity index (χ0) is 13.2. The summed E-state index contributed by atoms with van der Waals surface area (Å²) in [6.45, 7) is 0. The molecule has 7 nitrogen and oxygen atoms in total. The number of carbonyl (C=O) groups is 1. The third kappa shape index (κ3) is 2.74. The minimum atomic E-state index is -2.00. The van der Waals surface area contributed by atoms with Crippen molar-refractivity contribution in [3.05, 3.63) is 39.7 Å². The Morgan fingerprint density at radius 3 is 2.53 bits per heavy atom. The van der Waals surface area contributed by atoms with Crippen LogP contribution in [-0.2, 0) is 4.79 Å². The molecule has 1 aromatic rings. The highest BCUT2D eigenvalue weighted by Gasteiger charge is 2.29. The molecule has 0 aliphatic rings. The van der Waals surface area contributed by atoms with Crippen LogP contribution in [0.1, 0.15) is 11.7 Å². The van der Waals surface area contributed by atoms with Crippen molar-refractivity contribution in [2.24, 2.45) is 5.73 Å². The minimum absolute atomic E-state index is 0.386. The summed E-state index contributed by atoms with van der Waals surface area (Å²) < 4.78 is 12.8. The Kier molecular flexibility index (Phi) is 3.71. The van der Waals surface area contributed by atoms with E-state index in [0.29, 0.717) is 6.07 Å². The third-order valence-corrected chi connectivity index (χ3v) is 2.10. The number of halogens is 1. The van der Waals surface area contributed by atoms with E-state index >= 15 is 0 Å². The number of nitrogens with zero attached hydrogens (tertiary/aromatic N) is 1. The second-order valence-electron chi connectivity index (χ2n) is 3.25. The lowest BCUT2D eigenvalue weighted by Crippen LogP contribution is -2.34. The number of rotatable bonds is 4. The number of nitrogens with two attached hydrogens (primary N) is 1. The number of aliphatic hydroxyl groups is 2. The van der Waals surface area contributed by atoms with E-state index in [2.05, 4.69) is 0 Å². The van der Waals surface area contributed by atoms with Gasteiger partial charge in [-0.2, -0.15) is 0 Å². The Morgan fingerprint density at radius 1 is 1.47 bits per heavy atom. The van der Waals surface area contributed by atoms with Crippen LogP contribution < -0.4 is 5.73 Å². The Balaban J connectivity index is 3.21. The average molecular weight is 244 g/mol. The Morgan fingerprint density at radius 2 is 2.06 bits per heavy atom. The van der Waals surface area contributed by atoms with Crippen LogP contribution in [0.4, 0.5) is 10.1 Å². The molecule has 2 unspecified atom stereocenters. The molecule has 0 radical (unpaired) electrons. The summed E-state index contributed by atoms with van der Waals surface area (Å²) in [5, 5.41) is 29.3. The molecule has 1 amide bonds. The number of hydrogen-bond acceptors (Lipinski definition) is 5. The fourth-order valence-electron chi connectivity index (χ4n) is 1.25. The first kappa shape index (κ1) is 13.0. The highest BCUT2D eigenvalue weighted by atomic mass is 19.1. The first-order valence-electron chi connectivity index (χ1n) is 4.44. The number of benzene rings is 1. The van der Waals surface area contributed by atoms with Crippen molar-refractivity contribution < 1.29 is 24.3 Å². The molecule has 0 fully saturated rings. The van der Waals surface area contributed by atoms with E-state index in [1.165, 1.54) is 0 Å². The van der Waals surface area contributed by atoms with E-state index in [9.17, 15) is 29.5 Å².